The fraction of sp³-hybridized carbons (Fsp3) is 0.346. The minimum Gasteiger partial charge on any atom is -0.380 e. The van der Waals surface area contributed by atoms with Gasteiger partial charge in [0.05, 0.1) is 6.61 Å². The van der Waals surface area contributed by atoms with Gasteiger partial charge in [-0.25, -0.2) is 4.79 Å². The molecule has 0 aliphatic carbocycles. The third kappa shape index (κ3) is 5.08. The molecule has 2 atom stereocenters. The van der Waals surface area contributed by atoms with Gasteiger partial charge in [0, 0.05) is 42.1 Å². The lowest BCUT2D eigenvalue weighted by atomic mass is 10.0. The van der Waals surface area contributed by atoms with Crippen LogP contribution in [0.2, 0.25) is 0 Å². The average molecular weight is 522 g/mol. The van der Waals surface area contributed by atoms with Crippen LogP contribution in [-0.2, 0) is 14.3 Å². The van der Waals surface area contributed by atoms with E-state index < -0.39 is 29.8 Å². The number of nitrogens with zero attached hydrogens (tertiary/aromatic N) is 3. The maximum atomic E-state index is 13.3. The summed E-state index contributed by atoms with van der Waals surface area (Å²) in [4.78, 5) is 55.8. The number of aliphatic hydroxyl groups is 1. The van der Waals surface area contributed by atoms with Crippen LogP contribution in [0.4, 0.5) is 11.4 Å². The number of aromatic nitrogens is 2. The zero-order chi connectivity index (χ0) is 26.8. The van der Waals surface area contributed by atoms with Crippen LogP contribution in [0.15, 0.2) is 51.8 Å². The minimum absolute atomic E-state index is 0.0700. The van der Waals surface area contributed by atoms with Crippen molar-refractivity contribution < 1.29 is 28.8 Å². The van der Waals surface area contributed by atoms with Gasteiger partial charge in [0.2, 0.25) is 0 Å². The SMILES string of the molecule is Cc1ccc(N2CCO[C@H]([C@@H](O)C(=O)Nc3ccc(-c4noc(=O)[nH]4)cc3)C2=O)cc1C(=O)N1CCCC1. The highest BCUT2D eigenvalue weighted by molar-refractivity contribution is 6.05. The van der Waals surface area contributed by atoms with Gasteiger partial charge in [0.25, 0.3) is 17.7 Å². The third-order valence-corrected chi connectivity index (χ3v) is 6.70. The van der Waals surface area contributed by atoms with Gasteiger partial charge < -0.3 is 25.0 Å². The first kappa shape index (κ1) is 25.4. The molecule has 12 heteroatoms. The van der Waals surface area contributed by atoms with Crippen molar-refractivity contribution in [2.24, 2.45) is 0 Å². The Morgan fingerprint density at radius 3 is 2.53 bits per heavy atom. The molecule has 0 bridgehead atoms. The van der Waals surface area contributed by atoms with Crippen molar-refractivity contribution in [3.05, 3.63) is 64.1 Å². The molecule has 1 aromatic heterocycles. The first-order valence-electron chi connectivity index (χ1n) is 12.3. The van der Waals surface area contributed by atoms with Crippen LogP contribution in [0.3, 0.4) is 0 Å². The molecule has 0 saturated carbocycles. The maximum Gasteiger partial charge on any atom is 0.439 e. The van der Waals surface area contributed by atoms with Gasteiger partial charge in [-0.15, -0.1) is 0 Å². The highest BCUT2D eigenvalue weighted by Gasteiger charge is 2.39. The van der Waals surface area contributed by atoms with E-state index in [1.54, 1.807) is 42.5 Å². The van der Waals surface area contributed by atoms with Crippen LogP contribution >= 0.6 is 0 Å². The lowest BCUT2D eigenvalue weighted by Crippen LogP contribution is -2.55. The normalized spacial score (nSPS) is 18.5. The van der Waals surface area contributed by atoms with Gasteiger partial charge in [-0.3, -0.25) is 23.9 Å². The Kier molecular flexibility index (Phi) is 7.07. The highest BCUT2D eigenvalue weighted by atomic mass is 16.5. The number of amides is 3. The molecule has 3 aromatic rings. The molecule has 2 fully saturated rings. The second kappa shape index (κ2) is 10.6. The Hall–Kier alpha value is -4.29. The van der Waals surface area contributed by atoms with E-state index in [0.717, 1.165) is 18.4 Å². The lowest BCUT2D eigenvalue weighted by Gasteiger charge is -2.34. The van der Waals surface area contributed by atoms with Crippen molar-refractivity contribution in [2.45, 2.75) is 32.0 Å². The number of anilines is 2. The van der Waals surface area contributed by atoms with Gasteiger partial charge in [-0.2, -0.15) is 0 Å². The number of carbonyl (C=O) groups is 3. The lowest BCUT2D eigenvalue weighted by molar-refractivity contribution is -0.150. The topological polar surface area (TPSA) is 158 Å². The van der Waals surface area contributed by atoms with E-state index in [4.69, 9.17) is 4.74 Å². The number of H-pyrrole nitrogens is 1. The Bertz CT molecular complexity index is 1410. The number of aliphatic hydroxyl groups excluding tert-OH is 1. The molecule has 0 spiro atoms. The molecule has 38 heavy (non-hydrogen) atoms. The van der Waals surface area contributed by atoms with E-state index in [1.165, 1.54) is 4.90 Å². The number of nitrogens with one attached hydrogen (secondary N) is 2. The van der Waals surface area contributed by atoms with Gasteiger partial charge in [0.15, 0.2) is 18.0 Å². The molecule has 0 radical (unpaired) electrons. The Labute approximate surface area is 217 Å². The molecule has 2 aliphatic heterocycles. The summed E-state index contributed by atoms with van der Waals surface area (Å²) in [5.41, 5.74) is 2.74. The van der Waals surface area contributed by atoms with E-state index in [9.17, 15) is 24.3 Å². The molecule has 12 nitrogen and oxygen atoms in total. The van der Waals surface area contributed by atoms with Crippen molar-refractivity contribution in [3.63, 3.8) is 0 Å². The summed E-state index contributed by atoms with van der Waals surface area (Å²) in [7, 11) is 0. The van der Waals surface area contributed by atoms with E-state index in [1.807, 2.05) is 11.8 Å². The van der Waals surface area contributed by atoms with Crippen LogP contribution < -0.4 is 16.0 Å². The standard InChI is InChI=1S/C26H27N5O7/c1-15-4-9-18(14-19(15)24(34)30-10-2-3-11-30)31-12-13-37-21(25(31)35)20(32)23(33)27-17-7-5-16(6-8-17)22-28-26(36)38-29-22/h4-9,14,20-21,32H,2-3,10-13H2,1H3,(H,27,33)(H,28,29,36)/t20-,21-/m1/s1. The zero-order valence-electron chi connectivity index (χ0n) is 20.7. The number of hydrogen-bond acceptors (Lipinski definition) is 8. The fourth-order valence-electron chi connectivity index (χ4n) is 4.61. The van der Waals surface area contributed by atoms with E-state index in [0.29, 0.717) is 35.6 Å². The summed E-state index contributed by atoms with van der Waals surface area (Å²) >= 11 is 0. The molecule has 3 amide bonds. The fourth-order valence-corrected chi connectivity index (χ4v) is 4.61. The number of carbonyl (C=O) groups excluding carboxylic acids is 3. The molecular weight excluding hydrogens is 494 g/mol. The molecule has 3 heterocycles. The van der Waals surface area contributed by atoms with Crippen LogP contribution in [0, 0.1) is 6.92 Å². The van der Waals surface area contributed by atoms with Crippen LogP contribution in [-0.4, -0.2) is 76.3 Å². The largest absolute Gasteiger partial charge is 0.439 e. The number of rotatable bonds is 6. The second-order valence-electron chi connectivity index (χ2n) is 9.23. The smallest absolute Gasteiger partial charge is 0.380 e. The number of aromatic amines is 1. The summed E-state index contributed by atoms with van der Waals surface area (Å²) in [5.74, 6) is -1.92. The van der Waals surface area contributed by atoms with Crippen molar-refractivity contribution in [3.8, 4) is 11.4 Å². The predicted molar refractivity (Wildman–Crippen MR) is 136 cm³/mol. The first-order chi connectivity index (χ1) is 18.3. The van der Waals surface area contributed by atoms with Gasteiger partial charge in [0.1, 0.15) is 0 Å². The highest BCUT2D eigenvalue weighted by Crippen LogP contribution is 2.26. The van der Waals surface area contributed by atoms with Crippen molar-refractivity contribution in [1.29, 1.82) is 0 Å². The van der Waals surface area contributed by atoms with Crippen LogP contribution in [0.5, 0.6) is 0 Å². The van der Waals surface area contributed by atoms with Crippen molar-refractivity contribution in [1.82, 2.24) is 15.0 Å². The molecule has 5 rings (SSSR count). The number of benzene rings is 2. The summed E-state index contributed by atoms with van der Waals surface area (Å²) in [5, 5.41) is 16.8. The molecule has 2 aromatic carbocycles. The Morgan fingerprint density at radius 2 is 1.84 bits per heavy atom. The van der Waals surface area contributed by atoms with E-state index in [2.05, 4.69) is 20.0 Å². The summed E-state index contributed by atoms with van der Waals surface area (Å²) in [6.45, 7) is 3.60. The second-order valence-corrected chi connectivity index (χ2v) is 9.23. The van der Waals surface area contributed by atoms with Gasteiger partial charge in [-0.05, 0) is 61.7 Å². The van der Waals surface area contributed by atoms with Crippen LogP contribution in [0.25, 0.3) is 11.4 Å². The molecule has 3 N–H and O–H groups in total. The Morgan fingerprint density at radius 1 is 1.11 bits per heavy atom. The quantitative estimate of drug-likeness (QED) is 0.438. The van der Waals surface area contributed by atoms with Crippen molar-refractivity contribution >= 4 is 29.1 Å². The van der Waals surface area contributed by atoms with Gasteiger partial charge >= 0.3 is 5.76 Å². The molecular formula is C26H27N5O7. The number of morpholine rings is 1. The molecule has 2 aliphatic rings. The van der Waals surface area contributed by atoms with Crippen molar-refractivity contribution in [2.75, 3.05) is 36.5 Å². The van der Waals surface area contributed by atoms with E-state index >= 15 is 0 Å². The summed E-state index contributed by atoms with van der Waals surface area (Å²) < 4.78 is 9.97. The zero-order valence-corrected chi connectivity index (χ0v) is 20.7. The average Bonchev–Trinajstić information content (AvgIpc) is 3.61. The minimum atomic E-state index is -1.77. The molecule has 2 saturated heterocycles. The third-order valence-electron chi connectivity index (χ3n) is 6.70. The van der Waals surface area contributed by atoms with E-state index in [-0.39, 0.29) is 24.9 Å². The first-order valence-corrected chi connectivity index (χ1v) is 12.3. The number of likely N-dealkylation sites (tertiary alicyclic amines) is 1. The number of aryl methyl sites for hydroxylation is 1. The predicted octanol–water partition coefficient (Wildman–Crippen LogP) is 1.31. The van der Waals surface area contributed by atoms with Crippen LogP contribution in [0.1, 0.15) is 28.8 Å². The molecule has 0 unspecified atom stereocenters. The number of hydrogen-bond donors (Lipinski definition) is 3. The van der Waals surface area contributed by atoms with Gasteiger partial charge in [-0.1, -0.05) is 11.2 Å². The summed E-state index contributed by atoms with van der Waals surface area (Å²) in [6, 6.07) is 11.5. The maximum absolute atomic E-state index is 13.3. The Balaban J connectivity index is 1.27. The monoisotopic (exact) mass is 521 g/mol. The number of ether oxygens (including phenoxy) is 1. The molecule has 198 valence electrons. The summed E-state index contributed by atoms with van der Waals surface area (Å²) in [6.07, 6.45) is -1.24.